The number of sulfonamides is 1. The van der Waals surface area contributed by atoms with Crippen molar-refractivity contribution in [3.8, 4) is 0 Å². The Morgan fingerprint density at radius 2 is 1.82 bits per heavy atom. The molecule has 0 aliphatic rings. The average molecular weight is 421 g/mol. The van der Waals surface area contributed by atoms with Gasteiger partial charge >= 0.3 is 0 Å². The highest BCUT2D eigenvalue weighted by Crippen LogP contribution is 2.23. The molecular weight excluding hydrogens is 399 g/mol. The van der Waals surface area contributed by atoms with E-state index < -0.39 is 10.0 Å². The van der Waals surface area contributed by atoms with Crippen molar-refractivity contribution in [2.75, 3.05) is 0 Å². The van der Waals surface area contributed by atoms with Gasteiger partial charge < -0.3 is 4.57 Å². The third kappa shape index (κ3) is 4.78. The maximum absolute atomic E-state index is 13.8. The van der Waals surface area contributed by atoms with Crippen LogP contribution in [0.5, 0.6) is 0 Å². The molecule has 148 valence electrons. The van der Waals surface area contributed by atoms with Gasteiger partial charge in [0.15, 0.2) is 5.16 Å². The molecule has 1 N–H and O–H groups in total. The predicted octanol–water partition coefficient (Wildman–Crippen LogP) is 3.52. The van der Waals surface area contributed by atoms with E-state index in [2.05, 4.69) is 14.9 Å². The van der Waals surface area contributed by atoms with E-state index in [1.807, 2.05) is 18.4 Å². The molecule has 0 atom stereocenters. The number of aryl methyl sites for hydroxylation is 1. The van der Waals surface area contributed by atoms with Gasteiger partial charge in [-0.15, -0.1) is 10.2 Å². The van der Waals surface area contributed by atoms with Crippen LogP contribution < -0.4 is 4.72 Å². The quantitative estimate of drug-likeness (QED) is 0.564. The van der Waals surface area contributed by atoms with Crippen LogP contribution in [-0.4, -0.2) is 23.2 Å². The van der Waals surface area contributed by atoms with Gasteiger partial charge in [0.1, 0.15) is 11.6 Å². The first-order chi connectivity index (χ1) is 13.4. The third-order valence-electron chi connectivity index (χ3n) is 4.18. The number of benzene rings is 2. The lowest BCUT2D eigenvalue weighted by atomic mass is 10.2. The summed E-state index contributed by atoms with van der Waals surface area (Å²) in [6.07, 6.45) is 0. The Hall–Kier alpha value is -2.23. The van der Waals surface area contributed by atoms with Crippen LogP contribution in [0.1, 0.15) is 23.9 Å². The Bertz CT molecular complexity index is 1050. The van der Waals surface area contributed by atoms with Gasteiger partial charge in [0.2, 0.25) is 10.0 Å². The third-order valence-corrected chi connectivity index (χ3v) is 6.61. The Morgan fingerprint density at radius 3 is 2.50 bits per heavy atom. The molecule has 28 heavy (non-hydrogen) atoms. The van der Waals surface area contributed by atoms with Crippen molar-refractivity contribution in [3.63, 3.8) is 0 Å². The number of nitrogens with one attached hydrogen (secondary N) is 1. The second-order valence-electron chi connectivity index (χ2n) is 6.16. The largest absolute Gasteiger partial charge is 0.305 e. The second-order valence-corrected chi connectivity index (χ2v) is 8.87. The standard InChI is InChI=1S/C19H21FN4O2S2/c1-3-24-18(12-21-28(25,26)16-10-8-14(2)9-11-16)22-23-19(24)27-13-15-6-4-5-7-17(15)20/h4-11,21H,3,12-13H2,1-2H3. The zero-order valence-electron chi connectivity index (χ0n) is 15.6. The minimum atomic E-state index is -3.64. The molecule has 1 heterocycles. The van der Waals surface area contributed by atoms with Gasteiger partial charge in [0.25, 0.3) is 0 Å². The lowest BCUT2D eigenvalue weighted by Crippen LogP contribution is -2.25. The number of hydrogen-bond acceptors (Lipinski definition) is 5. The van der Waals surface area contributed by atoms with Crippen LogP contribution in [0.3, 0.4) is 0 Å². The molecule has 3 rings (SSSR count). The number of rotatable bonds is 8. The number of thioether (sulfide) groups is 1. The van der Waals surface area contributed by atoms with E-state index in [1.165, 1.54) is 17.8 Å². The first-order valence-electron chi connectivity index (χ1n) is 8.75. The molecule has 6 nitrogen and oxygen atoms in total. The topological polar surface area (TPSA) is 76.9 Å². The highest BCUT2D eigenvalue weighted by Gasteiger charge is 2.17. The molecule has 1 aromatic heterocycles. The summed E-state index contributed by atoms with van der Waals surface area (Å²) in [5.74, 6) is 0.665. The van der Waals surface area contributed by atoms with Crippen LogP contribution in [0, 0.1) is 12.7 Å². The SMILES string of the molecule is CCn1c(CNS(=O)(=O)c2ccc(C)cc2)nnc1SCc1ccccc1F. The Morgan fingerprint density at radius 1 is 1.11 bits per heavy atom. The minimum Gasteiger partial charge on any atom is -0.305 e. The van der Waals surface area contributed by atoms with Crippen molar-refractivity contribution in [1.82, 2.24) is 19.5 Å². The molecule has 0 aliphatic carbocycles. The van der Waals surface area contributed by atoms with E-state index in [0.29, 0.717) is 28.8 Å². The molecule has 0 radical (unpaired) electrons. The summed E-state index contributed by atoms with van der Waals surface area (Å²) in [6, 6.07) is 13.2. The van der Waals surface area contributed by atoms with Gasteiger partial charge in [0.05, 0.1) is 11.4 Å². The molecule has 0 spiro atoms. The number of nitrogens with zero attached hydrogens (tertiary/aromatic N) is 3. The minimum absolute atomic E-state index is 0.0251. The number of aromatic nitrogens is 3. The molecule has 0 bridgehead atoms. The van der Waals surface area contributed by atoms with Gasteiger partial charge in [-0.2, -0.15) is 0 Å². The summed E-state index contributed by atoms with van der Waals surface area (Å²) < 4.78 is 43.1. The van der Waals surface area contributed by atoms with Gasteiger partial charge in [-0.25, -0.2) is 17.5 Å². The molecule has 3 aromatic rings. The normalized spacial score (nSPS) is 11.7. The van der Waals surface area contributed by atoms with E-state index in [4.69, 9.17) is 0 Å². The summed E-state index contributed by atoms with van der Waals surface area (Å²) in [5, 5.41) is 8.86. The second kappa shape index (κ2) is 8.85. The molecule has 2 aromatic carbocycles. The molecule has 0 fully saturated rings. The lowest BCUT2D eigenvalue weighted by molar-refractivity contribution is 0.572. The van der Waals surface area contributed by atoms with Crippen LogP contribution in [-0.2, 0) is 28.9 Å². The maximum Gasteiger partial charge on any atom is 0.240 e. The summed E-state index contributed by atoms with van der Waals surface area (Å²) in [7, 11) is -3.64. The zero-order valence-corrected chi connectivity index (χ0v) is 17.2. The van der Waals surface area contributed by atoms with Crippen LogP contribution in [0.25, 0.3) is 0 Å². The Labute approximate surface area is 168 Å². The molecule has 0 amide bonds. The molecule has 0 saturated carbocycles. The number of hydrogen-bond donors (Lipinski definition) is 1. The van der Waals surface area contributed by atoms with E-state index in [1.54, 1.807) is 42.5 Å². The van der Waals surface area contributed by atoms with Crippen LogP contribution >= 0.6 is 11.8 Å². The number of halogens is 1. The molecule has 0 aliphatic heterocycles. The molecular formula is C19H21FN4O2S2. The first-order valence-corrected chi connectivity index (χ1v) is 11.2. The predicted molar refractivity (Wildman–Crippen MR) is 107 cm³/mol. The highest BCUT2D eigenvalue weighted by molar-refractivity contribution is 7.98. The Kier molecular flexibility index (Phi) is 6.48. The van der Waals surface area contributed by atoms with Crippen LogP contribution in [0.2, 0.25) is 0 Å². The van der Waals surface area contributed by atoms with Crippen molar-refractivity contribution in [2.24, 2.45) is 0 Å². The van der Waals surface area contributed by atoms with Crippen molar-refractivity contribution in [2.45, 2.75) is 42.7 Å². The van der Waals surface area contributed by atoms with Crippen LogP contribution in [0.15, 0.2) is 58.6 Å². The summed E-state index contributed by atoms with van der Waals surface area (Å²) in [6.45, 7) is 4.42. The monoisotopic (exact) mass is 420 g/mol. The van der Waals surface area contributed by atoms with Gasteiger partial charge in [-0.3, -0.25) is 0 Å². The van der Waals surface area contributed by atoms with E-state index >= 15 is 0 Å². The summed E-state index contributed by atoms with van der Waals surface area (Å²) in [4.78, 5) is 0.204. The Balaban J connectivity index is 1.69. The zero-order chi connectivity index (χ0) is 20.1. The molecule has 0 saturated heterocycles. The van der Waals surface area contributed by atoms with Crippen molar-refractivity contribution >= 4 is 21.8 Å². The van der Waals surface area contributed by atoms with E-state index in [9.17, 15) is 12.8 Å². The van der Waals surface area contributed by atoms with Crippen molar-refractivity contribution in [3.05, 3.63) is 71.3 Å². The van der Waals surface area contributed by atoms with E-state index in [0.717, 1.165) is 5.56 Å². The highest BCUT2D eigenvalue weighted by atomic mass is 32.2. The fraction of sp³-hybridized carbons (Fsp3) is 0.263. The molecule has 0 unspecified atom stereocenters. The van der Waals surface area contributed by atoms with Gasteiger partial charge in [0, 0.05) is 12.3 Å². The van der Waals surface area contributed by atoms with Crippen molar-refractivity contribution < 1.29 is 12.8 Å². The van der Waals surface area contributed by atoms with Crippen molar-refractivity contribution in [1.29, 1.82) is 0 Å². The fourth-order valence-corrected chi connectivity index (χ4v) is 4.58. The summed E-state index contributed by atoms with van der Waals surface area (Å²) >= 11 is 1.36. The van der Waals surface area contributed by atoms with E-state index in [-0.39, 0.29) is 17.3 Å². The first kappa shape index (κ1) is 20.5. The van der Waals surface area contributed by atoms with Gasteiger partial charge in [-0.05, 0) is 37.6 Å². The van der Waals surface area contributed by atoms with Gasteiger partial charge in [-0.1, -0.05) is 47.7 Å². The lowest BCUT2D eigenvalue weighted by Gasteiger charge is -2.09. The summed E-state index contributed by atoms with van der Waals surface area (Å²) in [5.41, 5.74) is 1.57. The fourth-order valence-electron chi connectivity index (χ4n) is 2.59. The molecule has 9 heteroatoms. The average Bonchev–Trinajstić information content (AvgIpc) is 3.08. The van der Waals surface area contributed by atoms with Crippen LogP contribution in [0.4, 0.5) is 4.39 Å². The maximum atomic E-state index is 13.8. The smallest absolute Gasteiger partial charge is 0.240 e.